The van der Waals surface area contributed by atoms with Gasteiger partial charge in [0.15, 0.2) is 12.2 Å². The molecular formula is C20H21NO9. The fourth-order valence-corrected chi connectivity index (χ4v) is 3.59. The highest BCUT2D eigenvalue weighted by Gasteiger charge is 2.52. The standard InChI is InChI=1S/C20H21NO9/c1-10(22)27-9-16-18(30-12(3)24)17(29-11(2)23)15(8-28-16)21-19(25)13-6-4-5-7-14(13)20(21)26/h4-7,15-18H,8-9H2,1-3H3/t15-,16+,17+,18+/m0/s1. The number of hydrogen-bond donors (Lipinski definition) is 0. The number of rotatable bonds is 5. The lowest BCUT2D eigenvalue weighted by molar-refractivity contribution is -0.211. The Morgan fingerprint density at radius 3 is 1.97 bits per heavy atom. The third-order valence-corrected chi connectivity index (χ3v) is 4.76. The Kier molecular flexibility index (Phi) is 6.16. The van der Waals surface area contributed by atoms with Gasteiger partial charge in [-0.15, -0.1) is 0 Å². The minimum atomic E-state index is -1.21. The second-order valence-corrected chi connectivity index (χ2v) is 6.92. The number of esters is 3. The lowest BCUT2D eigenvalue weighted by atomic mass is 9.96. The quantitative estimate of drug-likeness (QED) is 0.380. The molecule has 0 bridgehead atoms. The molecule has 30 heavy (non-hydrogen) atoms. The molecule has 1 saturated heterocycles. The van der Waals surface area contributed by atoms with Crippen LogP contribution < -0.4 is 0 Å². The summed E-state index contributed by atoms with van der Waals surface area (Å²) in [5.74, 6) is -3.11. The van der Waals surface area contributed by atoms with Crippen LogP contribution in [0.3, 0.4) is 0 Å². The molecule has 0 aromatic heterocycles. The molecule has 160 valence electrons. The predicted molar refractivity (Wildman–Crippen MR) is 98.2 cm³/mol. The molecule has 2 aliphatic rings. The number of amides is 2. The van der Waals surface area contributed by atoms with Gasteiger partial charge in [0.1, 0.15) is 18.8 Å². The zero-order valence-corrected chi connectivity index (χ0v) is 16.7. The molecule has 1 fully saturated rings. The van der Waals surface area contributed by atoms with Crippen LogP contribution in [-0.2, 0) is 33.3 Å². The van der Waals surface area contributed by atoms with Crippen molar-refractivity contribution in [3.05, 3.63) is 35.4 Å². The second kappa shape index (κ2) is 8.62. The van der Waals surface area contributed by atoms with Gasteiger partial charge in [0.05, 0.1) is 17.7 Å². The highest BCUT2D eigenvalue weighted by atomic mass is 16.6. The van der Waals surface area contributed by atoms with Gasteiger partial charge in [-0.1, -0.05) is 12.1 Å². The predicted octanol–water partition coefficient (Wildman–Crippen LogP) is 0.476. The van der Waals surface area contributed by atoms with Crippen molar-refractivity contribution in [2.45, 2.75) is 45.1 Å². The van der Waals surface area contributed by atoms with Crippen molar-refractivity contribution in [1.82, 2.24) is 4.90 Å². The first-order valence-electron chi connectivity index (χ1n) is 9.27. The van der Waals surface area contributed by atoms with E-state index >= 15 is 0 Å². The number of fused-ring (bicyclic) bond motifs is 1. The first-order valence-corrected chi connectivity index (χ1v) is 9.27. The van der Waals surface area contributed by atoms with E-state index in [0.29, 0.717) is 0 Å². The van der Waals surface area contributed by atoms with E-state index < -0.39 is 54.1 Å². The maximum absolute atomic E-state index is 12.9. The molecular weight excluding hydrogens is 398 g/mol. The summed E-state index contributed by atoms with van der Waals surface area (Å²) in [6.07, 6.45) is -3.36. The van der Waals surface area contributed by atoms with Gasteiger partial charge < -0.3 is 18.9 Å². The number of nitrogens with zero attached hydrogens (tertiary/aromatic N) is 1. The summed E-state index contributed by atoms with van der Waals surface area (Å²) in [6, 6.07) is 5.26. The van der Waals surface area contributed by atoms with E-state index in [1.54, 1.807) is 12.1 Å². The SMILES string of the molecule is CC(=O)OC[C@H]1OC[C@H](N2C(=O)c3ccccc3C2=O)[C@@H](OC(C)=O)[C@@H]1OC(C)=O. The minimum absolute atomic E-state index is 0.201. The summed E-state index contributed by atoms with van der Waals surface area (Å²) in [6.45, 7) is 3.04. The normalized spacial score (nSPS) is 25.5. The molecule has 0 saturated carbocycles. The maximum atomic E-state index is 12.9. The van der Waals surface area contributed by atoms with E-state index in [4.69, 9.17) is 18.9 Å². The van der Waals surface area contributed by atoms with E-state index in [-0.39, 0.29) is 24.3 Å². The minimum Gasteiger partial charge on any atom is -0.463 e. The molecule has 0 spiro atoms. The van der Waals surface area contributed by atoms with Crippen LogP contribution in [0.15, 0.2) is 24.3 Å². The third-order valence-electron chi connectivity index (χ3n) is 4.76. The first-order chi connectivity index (χ1) is 14.2. The molecule has 2 heterocycles. The number of carbonyl (C=O) groups is 5. The molecule has 0 unspecified atom stereocenters. The van der Waals surface area contributed by atoms with Gasteiger partial charge in [-0.3, -0.25) is 28.9 Å². The maximum Gasteiger partial charge on any atom is 0.303 e. The number of ether oxygens (including phenoxy) is 4. The first kappa shape index (κ1) is 21.4. The number of imide groups is 1. The number of hydrogen-bond acceptors (Lipinski definition) is 9. The smallest absolute Gasteiger partial charge is 0.303 e. The molecule has 1 aromatic rings. The van der Waals surface area contributed by atoms with Crippen LogP contribution >= 0.6 is 0 Å². The third kappa shape index (κ3) is 4.18. The van der Waals surface area contributed by atoms with E-state index in [2.05, 4.69) is 0 Å². The highest BCUT2D eigenvalue weighted by Crippen LogP contribution is 2.32. The van der Waals surface area contributed by atoms with Gasteiger partial charge in [0.2, 0.25) is 0 Å². The molecule has 0 N–H and O–H groups in total. The lowest BCUT2D eigenvalue weighted by Crippen LogP contribution is -2.63. The summed E-state index contributed by atoms with van der Waals surface area (Å²) < 4.78 is 21.3. The summed E-state index contributed by atoms with van der Waals surface area (Å²) in [5.41, 5.74) is 0.435. The van der Waals surface area contributed by atoms with Crippen LogP contribution in [0.2, 0.25) is 0 Å². The summed E-state index contributed by atoms with van der Waals surface area (Å²) in [7, 11) is 0. The lowest BCUT2D eigenvalue weighted by Gasteiger charge is -2.43. The molecule has 3 rings (SSSR count). The van der Waals surface area contributed by atoms with E-state index in [1.165, 1.54) is 19.1 Å². The Balaban J connectivity index is 1.95. The Morgan fingerprint density at radius 2 is 1.47 bits per heavy atom. The fourth-order valence-electron chi connectivity index (χ4n) is 3.59. The topological polar surface area (TPSA) is 126 Å². The highest BCUT2D eigenvalue weighted by molar-refractivity contribution is 6.21. The van der Waals surface area contributed by atoms with Crippen molar-refractivity contribution in [1.29, 1.82) is 0 Å². The Bertz CT molecular complexity index is 861. The Hall–Kier alpha value is -3.27. The molecule has 4 atom stereocenters. The summed E-state index contributed by atoms with van der Waals surface area (Å²) >= 11 is 0. The Labute approximate surface area is 172 Å². The van der Waals surface area contributed by atoms with Gasteiger partial charge in [0.25, 0.3) is 11.8 Å². The van der Waals surface area contributed by atoms with Crippen molar-refractivity contribution in [2.75, 3.05) is 13.2 Å². The van der Waals surface area contributed by atoms with Gasteiger partial charge in [0, 0.05) is 20.8 Å². The average molecular weight is 419 g/mol. The van der Waals surface area contributed by atoms with Crippen LogP contribution in [0.5, 0.6) is 0 Å². The molecule has 2 aliphatic heterocycles. The molecule has 10 heteroatoms. The number of benzene rings is 1. The summed E-state index contributed by atoms with van der Waals surface area (Å²) in [4.78, 5) is 61.4. The summed E-state index contributed by atoms with van der Waals surface area (Å²) in [5, 5.41) is 0. The van der Waals surface area contributed by atoms with Crippen LogP contribution in [0.4, 0.5) is 0 Å². The van der Waals surface area contributed by atoms with Crippen molar-refractivity contribution < 1.29 is 42.9 Å². The van der Waals surface area contributed by atoms with E-state index in [9.17, 15) is 24.0 Å². The molecule has 0 aliphatic carbocycles. The van der Waals surface area contributed by atoms with E-state index in [1.807, 2.05) is 0 Å². The monoisotopic (exact) mass is 419 g/mol. The van der Waals surface area contributed by atoms with E-state index in [0.717, 1.165) is 18.7 Å². The van der Waals surface area contributed by atoms with Gasteiger partial charge in [-0.05, 0) is 12.1 Å². The largest absolute Gasteiger partial charge is 0.463 e. The van der Waals surface area contributed by atoms with Crippen LogP contribution in [-0.4, -0.2) is 72.2 Å². The zero-order valence-electron chi connectivity index (χ0n) is 16.7. The molecule has 1 aromatic carbocycles. The van der Waals surface area contributed by atoms with Gasteiger partial charge in [-0.25, -0.2) is 0 Å². The van der Waals surface area contributed by atoms with Crippen molar-refractivity contribution in [3.8, 4) is 0 Å². The second-order valence-electron chi connectivity index (χ2n) is 6.92. The van der Waals surface area contributed by atoms with Crippen LogP contribution in [0, 0.1) is 0 Å². The van der Waals surface area contributed by atoms with Crippen molar-refractivity contribution >= 4 is 29.7 Å². The zero-order chi connectivity index (χ0) is 22.0. The number of carbonyl (C=O) groups excluding carboxylic acids is 5. The van der Waals surface area contributed by atoms with Crippen LogP contribution in [0.25, 0.3) is 0 Å². The van der Waals surface area contributed by atoms with Crippen molar-refractivity contribution in [2.24, 2.45) is 0 Å². The molecule has 0 radical (unpaired) electrons. The van der Waals surface area contributed by atoms with Gasteiger partial charge >= 0.3 is 17.9 Å². The molecule has 10 nitrogen and oxygen atoms in total. The average Bonchev–Trinajstić information content (AvgIpc) is 2.92. The van der Waals surface area contributed by atoms with Crippen molar-refractivity contribution in [3.63, 3.8) is 0 Å². The fraction of sp³-hybridized carbons (Fsp3) is 0.450. The van der Waals surface area contributed by atoms with Gasteiger partial charge in [-0.2, -0.15) is 0 Å². The Morgan fingerprint density at radius 1 is 0.933 bits per heavy atom. The molecule has 2 amide bonds. The van der Waals surface area contributed by atoms with Crippen LogP contribution in [0.1, 0.15) is 41.5 Å².